The predicted octanol–water partition coefficient (Wildman–Crippen LogP) is 5.22. The Balaban J connectivity index is 0.904. The van der Waals surface area contributed by atoms with Gasteiger partial charge in [0, 0.05) is 94.4 Å². The second-order valence-electron chi connectivity index (χ2n) is 15.2. The number of anilines is 4. The van der Waals surface area contributed by atoms with Gasteiger partial charge in [0.2, 0.25) is 0 Å². The van der Waals surface area contributed by atoms with Crippen LogP contribution in [0.15, 0.2) is 104 Å². The smallest absolute Gasteiger partial charge is 0.255 e. The largest absolute Gasteiger partial charge is 0.507 e. The van der Waals surface area contributed by atoms with Crippen molar-refractivity contribution in [1.82, 2.24) is 45.0 Å². The summed E-state index contributed by atoms with van der Waals surface area (Å²) in [5.41, 5.74) is 19.4. The summed E-state index contributed by atoms with van der Waals surface area (Å²) in [5, 5.41) is 34.2. The third-order valence-electron chi connectivity index (χ3n) is 11.4. The van der Waals surface area contributed by atoms with Gasteiger partial charge in [-0.2, -0.15) is 5.10 Å². The summed E-state index contributed by atoms with van der Waals surface area (Å²) in [6.07, 6.45) is 5.18. The van der Waals surface area contributed by atoms with E-state index >= 15 is 0 Å². The Kier molecular flexibility index (Phi) is 10.3. The topological polar surface area (TPSA) is 194 Å². The van der Waals surface area contributed by atoms with Crippen LogP contribution in [0.1, 0.15) is 22.8 Å². The second kappa shape index (κ2) is 16.1. The normalized spacial score (nSPS) is 16.0. The van der Waals surface area contributed by atoms with E-state index in [0.717, 1.165) is 49.6 Å². The van der Waals surface area contributed by atoms with E-state index in [1.807, 2.05) is 66.1 Å². The van der Waals surface area contributed by atoms with Crippen LogP contribution >= 0.6 is 0 Å². The van der Waals surface area contributed by atoms with Crippen LogP contribution in [-0.4, -0.2) is 108 Å². The molecule has 304 valence electrons. The summed E-state index contributed by atoms with van der Waals surface area (Å²) >= 11 is 0. The number of aromatic nitrogens is 7. The molecular weight excluding hydrogens is 759 g/mol. The van der Waals surface area contributed by atoms with Gasteiger partial charge in [0.15, 0.2) is 11.6 Å². The molecule has 2 aliphatic rings. The Morgan fingerprint density at radius 2 is 1.52 bits per heavy atom. The van der Waals surface area contributed by atoms with Crippen LogP contribution in [0.3, 0.4) is 0 Å². The molecule has 1 amide bonds. The molecule has 60 heavy (non-hydrogen) atoms. The Morgan fingerprint density at radius 1 is 0.783 bits per heavy atom. The SMILES string of the molecule is CC1CN(c2cc(-c3ccccc3Oc3ccc(O)c(-c4cc(N5CCN(Cc6cccc7c6cnn7C)CC5)c(N)nn4)c3)nnc2N)CCN1C(=O)c1cccnc1. The van der Waals surface area contributed by atoms with Crippen LogP contribution in [-0.2, 0) is 13.6 Å². The van der Waals surface area contributed by atoms with Crippen LogP contribution in [0.25, 0.3) is 33.4 Å². The first-order valence-corrected chi connectivity index (χ1v) is 19.9. The molecule has 1 atom stereocenters. The van der Waals surface area contributed by atoms with Crippen molar-refractivity contribution in [3.63, 3.8) is 0 Å². The van der Waals surface area contributed by atoms with Gasteiger partial charge in [0.1, 0.15) is 17.2 Å². The Labute approximate surface area is 346 Å². The van der Waals surface area contributed by atoms with Crippen molar-refractivity contribution >= 4 is 39.8 Å². The van der Waals surface area contributed by atoms with E-state index in [9.17, 15) is 9.90 Å². The van der Waals surface area contributed by atoms with Crippen LogP contribution in [0.4, 0.5) is 23.0 Å². The number of phenols is 1. The summed E-state index contributed by atoms with van der Waals surface area (Å²) in [5.74, 6) is 1.60. The number of hydrogen-bond donors (Lipinski definition) is 3. The van der Waals surface area contributed by atoms with Crippen molar-refractivity contribution < 1.29 is 14.6 Å². The molecule has 2 fully saturated rings. The molecule has 6 heterocycles. The first-order chi connectivity index (χ1) is 29.2. The maximum Gasteiger partial charge on any atom is 0.255 e. The molecule has 2 saturated heterocycles. The van der Waals surface area contributed by atoms with Crippen molar-refractivity contribution in [1.29, 1.82) is 0 Å². The van der Waals surface area contributed by atoms with E-state index in [2.05, 4.69) is 63.4 Å². The zero-order valence-electron chi connectivity index (χ0n) is 33.4. The fraction of sp³-hybridized carbons (Fsp3) is 0.250. The molecule has 0 bridgehead atoms. The lowest BCUT2D eigenvalue weighted by Crippen LogP contribution is -2.54. The van der Waals surface area contributed by atoms with Gasteiger partial charge in [-0.3, -0.25) is 19.4 Å². The Bertz CT molecular complexity index is 2680. The molecule has 5 N–H and O–H groups in total. The van der Waals surface area contributed by atoms with E-state index in [4.69, 9.17) is 16.2 Å². The van der Waals surface area contributed by atoms with E-state index < -0.39 is 0 Å². The van der Waals surface area contributed by atoms with E-state index in [-0.39, 0.29) is 17.7 Å². The summed E-state index contributed by atoms with van der Waals surface area (Å²) in [7, 11) is 1.96. The number of aromatic hydroxyl groups is 1. The maximum atomic E-state index is 13.2. The second-order valence-corrected chi connectivity index (χ2v) is 15.2. The number of piperazine rings is 2. The van der Waals surface area contributed by atoms with E-state index in [0.29, 0.717) is 70.8 Å². The van der Waals surface area contributed by atoms with Crippen LogP contribution in [0, 0.1) is 0 Å². The number of nitrogens with zero attached hydrogens (tertiary/aromatic N) is 11. The van der Waals surface area contributed by atoms with Crippen molar-refractivity contribution in [3.05, 3.63) is 115 Å². The molecule has 0 radical (unpaired) electrons. The summed E-state index contributed by atoms with van der Waals surface area (Å²) < 4.78 is 8.39. The van der Waals surface area contributed by atoms with Crippen molar-refractivity contribution in [2.75, 3.05) is 67.1 Å². The molecular formula is C44H45N13O3. The van der Waals surface area contributed by atoms with Gasteiger partial charge in [-0.15, -0.1) is 20.4 Å². The molecule has 0 aliphatic carbocycles. The minimum Gasteiger partial charge on any atom is -0.507 e. The Morgan fingerprint density at radius 3 is 2.27 bits per heavy atom. The molecule has 1 unspecified atom stereocenters. The molecule has 0 spiro atoms. The summed E-state index contributed by atoms with van der Waals surface area (Å²) in [4.78, 5) is 26.0. The highest BCUT2D eigenvalue weighted by molar-refractivity contribution is 5.94. The quantitative estimate of drug-likeness (QED) is 0.172. The number of pyridine rings is 1. The fourth-order valence-electron chi connectivity index (χ4n) is 8.13. The standard InChI is InChI=1S/C44H45N13O3/c1-28-26-56(19-20-57(28)44(59)29-8-6-14-47-24-29)39-22-35(49-52-43(39)46)32-9-3-4-11-41(32)60-31-12-13-40(58)33(21-31)36-23-38(42(45)51-50-36)55-17-15-54(16-18-55)27-30-7-5-10-37-34(30)25-48-53(37)2/h3-14,21-25,28,58H,15-20,26-27H2,1-2H3,(H2,45,51)(H2,46,52). The van der Waals surface area contributed by atoms with Crippen molar-refractivity contribution in [3.8, 4) is 39.8 Å². The Hall–Kier alpha value is -7.33. The third kappa shape index (κ3) is 7.55. The fourth-order valence-corrected chi connectivity index (χ4v) is 8.13. The lowest BCUT2D eigenvalue weighted by atomic mass is 10.1. The van der Waals surface area contributed by atoms with Crippen LogP contribution < -0.4 is 26.0 Å². The highest BCUT2D eigenvalue weighted by atomic mass is 16.5. The monoisotopic (exact) mass is 803 g/mol. The van der Waals surface area contributed by atoms with Gasteiger partial charge < -0.3 is 36.0 Å². The van der Waals surface area contributed by atoms with Crippen LogP contribution in [0.5, 0.6) is 17.2 Å². The number of hydrogen-bond acceptors (Lipinski definition) is 14. The van der Waals surface area contributed by atoms with E-state index in [1.165, 1.54) is 10.9 Å². The number of para-hydroxylation sites is 1. The number of fused-ring (bicyclic) bond motifs is 1. The zero-order valence-corrected chi connectivity index (χ0v) is 33.4. The number of carbonyl (C=O) groups excluding carboxylic acids is 1. The van der Waals surface area contributed by atoms with Crippen molar-refractivity contribution in [2.24, 2.45) is 7.05 Å². The number of aryl methyl sites for hydroxylation is 1. The average molecular weight is 804 g/mol. The summed E-state index contributed by atoms with van der Waals surface area (Å²) in [6.45, 7) is 7.66. The number of ether oxygens (including phenoxy) is 1. The molecule has 16 heteroatoms. The van der Waals surface area contributed by atoms with Gasteiger partial charge in [-0.05, 0) is 73.2 Å². The lowest BCUT2D eigenvalue weighted by molar-refractivity contribution is 0.0673. The molecule has 3 aromatic carbocycles. The third-order valence-corrected chi connectivity index (χ3v) is 11.4. The highest BCUT2D eigenvalue weighted by Gasteiger charge is 2.30. The first kappa shape index (κ1) is 38.2. The maximum absolute atomic E-state index is 13.2. The van der Waals surface area contributed by atoms with Gasteiger partial charge >= 0.3 is 0 Å². The number of carbonyl (C=O) groups is 1. The number of nitrogens with two attached hydrogens (primary N) is 2. The van der Waals surface area contributed by atoms with Gasteiger partial charge in [0.05, 0.1) is 40.0 Å². The van der Waals surface area contributed by atoms with Gasteiger partial charge in [-0.25, -0.2) is 0 Å². The lowest BCUT2D eigenvalue weighted by Gasteiger charge is -2.41. The average Bonchev–Trinajstić information content (AvgIpc) is 3.66. The number of benzene rings is 3. The molecule has 2 aliphatic heterocycles. The first-order valence-electron chi connectivity index (χ1n) is 19.9. The molecule has 0 saturated carbocycles. The predicted molar refractivity (Wildman–Crippen MR) is 231 cm³/mol. The van der Waals surface area contributed by atoms with Crippen LogP contribution in [0.2, 0.25) is 0 Å². The van der Waals surface area contributed by atoms with Gasteiger partial charge in [0.25, 0.3) is 5.91 Å². The molecule has 9 rings (SSSR count). The van der Waals surface area contributed by atoms with E-state index in [1.54, 1.807) is 42.7 Å². The zero-order chi connectivity index (χ0) is 41.3. The number of nitrogen functional groups attached to an aromatic ring is 2. The molecule has 7 aromatic rings. The van der Waals surface area contributed by atoms with Gasteiger partial charge in [-0.1, -0.05) is 24.3 Å². The number of rotatable bonds is 9. The molecule has 16 nitrogen and oxygen atoms in total. The number of phenolic OH excluding ortho intramolecular Hbond substituents is 1. The summed E-state index contributed by atoms with van der Waals surface area (Å²) in [6, 6.07) is 26.1. The molecule has 4 aromatic heterocycles. The highest BCUT2D eigenvalue weighted by Crippen LogP contribution is 2.39. The minimum atomic E-state index is -0.0849. The van der Waals surface area contributed by atoms with Crippen molar-refractivity contribution in [2.45, 2.75) is 19.5 Å². The minimum absolute atomic E-state index is 0.0283. The number of amides is 1.